The third kappa shape index (κ3) is 4.06. The van der Waals surface area contributed by atoms with Crippen molar-refractivity contribution in [2.75, 3.05) is 50.1 Å². The molecule has 2 N–H and O–H groups in total. The number of hydrogen-bond donors (Lipinski definition) is 2. The number of rotatable bonds is 4. The van der Waals surface area contributed by atoms with Crippen molar-refractivity contribution < 1.29 is 27.8 Å². The summed E-state index contributed by atoms with van der Waals surface area (Å²) in [6, 6.07) is 4.58. The van der Waals surface area contributed by atoms with Crippen molar-refractivity contribution in [3.8, 4) is 22.8 Å². The maximum atomic E-state index is 16.4. The fourth-order valence-corrected chi connectivity index (χ4v) is 6.18. The van der Waals surface area contributed by atoms with E-state index in [1.165, 1.54) is 18.2 Å². The number of nitrogens with one attached hydrogen (secondary N) is 1. The van der Waals surface area contributed by atoms with Crippen molar-refractivity contribution in [2.24, 2.45) is 0 Å². The van der Waals surface area contributed by atoms with E-state index in [-0.39, 0.29) is 39.5 Å². The molecular weight excluding hydrogens is 535 g/mol. The van der Waals surface area contributed by atoms with Gasteiger partial charge in [-0.3, -0.25) is 4.79 Å². The lowest BCUT2D eigenvalue weighted by Crippen LogP contribution is -2.66. The van der Waals surface area contributed by atoms with E-state index in [1.54, 1.807) is 4.90 Å². The molecular formula is C27H27ClF3N5O3. The molecule has 2 aromatic carbocycles. The lowest BCUT2D eigenvalue weighted by molar-refractivity contribution is -0.121. The predicted molar refractivity (Wildman–Crippen MR) is 143 cm³/mol. The molecule has 0 aliphatic carbocycles. The molecule has 0 unspecified atom stereocenters. The SMILES string of the molecule is C[C@@H]1CN2c3c4c(nc5c(F)c(-c6c(O)cccc6C(F)F)c(Cl)cc35)O[C@H](CN(C)C)CN4C(=O)[C@H]2CN1. The zero-order valence-electron chi connectivity index (χ0n) is 21.5. The first-order chi connectivity index (χ1) is 18.6. The van der Waals surface area contributed by atoms with Crippen molar-refractivity contribution >= 4 is 39.8 Å². The lowest BCUT2D eigenvalue weighted by atomic mass is 9.94. The Hall–Kier alpha value is -3.28. The van der Waals surface area contributed by atoms with Gasteiger partial charge in [0.25, 0.3) is 12.3 Å². The monoisotopic (exact) mass is 561 g/mol. The van der Waals surface area contributed by atoms with Gasteiger partial charge in [0, 0.05) is 47.8 Å². The summed E-state index contributed by atoms with van der Waals surface area (Å²) >= 11 is 6.60. The number of piperazine rings is 1. The standard InChI is InChI=1S/C27H27ClF3N5O3/c1-12-9-35-17(8-32-12)27(38)36-11-13(10-34(2)3)39-26-24(36)23(35)15-7-16(28)20(21(29)22(15)33-26)19-14(25(30)31)5-4-6-18(19)37/h4-7,12-13,17,25,32,37H,8-11H2,1-3H3/t12-,13-,17-/m1/s1. The average Bonchev–Trinajstić information content (AvgIpc) is 2.87. The second kappa shape index (κ2) is 9.42. The molecule has 3 aliphatic heterocycles. The van der Waals surface area contributed by atoms with Crippen LogP contribution in [-0.4, -0.2) is 79.4 Å². The molecule has 3 aromatic rings. The Morgan fingerprint density at radius 3 is 2.74 bits per heavy atom. The lowest BCUT2D eigenvalue weighted by Gasteiger charge is -2.49. The summed E-state index contributed by atoms with van der Waals surface area (Å²) in [7, 11) is 3.76. The van der Waals surface area contributed by atoms with Crippen LogP contribution in [0.4, 0.5) is 24.5 Å². The van der Waals surface area contributed by atoms with Gasteiger partial charge in [0.1, 0.15) is 29.1 Å². The molecule has 3 aliphatic rings. The first-order valence-electron chi connectivity index (χ1n) is 12.7. The molecule has 206 valence electrons. The first-order valence-corrected chi connectivity index (χ1v) is 13.0. The van der Waals surface area contributed by atoms with Gasteiger partial charge in [-0.2, -0.15) is 0 Å². The number of phenols is 1. The molecule has 8 nitrogen and oxygen atoms in total. The van der Waals surface area contributed by atoms with Crippen LogP contribution in [-0.2, 0) is 4.79 Å². The quantitative estimate of drug-likeness (QED) is 0.495. The summed E-state index contributed by atoms with van der Waals surface area (Å²) in [6.07, 6.45) is -3.40. The van der Waals surface area contributed by atoms with E-state index < -0.39 is 35.7 Å². The van der Waals surface area contributed by atoms with E-state index in [9.17, 15) is 18.7 Å². The summed E-state index contributed by atoms with van der Waals surface area (Å²) in [5.41, 5.74) is -0.434. The van der Waals surface area contributed by atoms with Gasteiger partial charge < -0.3 is 29.9 Å². The normalized spacial score (nSPS) is 22.4. The van der Waals surface area contributed by atoms with Crippen molar-refractivity contribution in [1.29, 1.82) is 0 Å². The smallest absolute Gasteiger partial charge is 0.264 e. The van der Waals surface area contributed by atoms with E-state index in [1.807, 2.05) is 30.8 Å². The minimum absolute atomic E-state index is 0.0416. The van der Waals surface area contributed by atoms with E-state index in [0.29, 0.717) is 42.9 Å². The van der Waals surface area contributed by atoms with Crippen LogP contribution in [0, 0.1) is 5.82 Å². The Morgan fingerprint density at radius 2 is 2.03 bits per heavy atom. The van der Waals surface area contributed by atoms with Crippen LogP contribution in [0.15, 0.2) is 24.3 Å². The van der Waals surface area contributed by atoms with Crippen LogP contribution in [0.3, 0.4) is 0 Å². The van der Waals surface area contributed by atoms with Crippen molar-refractivity contribution in [3.63, 3.8) is 0 Å². The molecule has 4 heterocycles. The van der Waals surface area contributed by atoms with Crippen LogP contribution in [0.25, 0.3) is 22.0 Å². The van der Waals surface area contributed by atoms with E-state index >= 15 is 4.39 Å². The average molecular weight is 562 g/mol. The van der Waals surface area contributed by atoms with Crippen molar-refractivity contribution in [2.45, 2.75) is 31.5 Å². The number of alkyl halides is 2. The molecule has 1 fully saturated rings. The number of carbonyl (C=O) groups is 1. The Balaban J connectivity index is 1.65. The van der Waals surface area contributed by atoms with Gasteiger partial charge in [-0.15, -0.1) is 0 Å². The highest BCUT2D eigenvalue weighted by atomic mass is 35.5. The zero-order chi connectivity index (χ0) is 27.7. The van der Waals surface area contributed by atoms with Gasteiger partial charge in [0.05, 0.1) is 17.3 Å². The number of anilines is 2. The minimum atomic E-state index is -2.98. The molecule has 1 saturated heterocycles. The van der Waals surface area contributed by atoms with Gasteiger partial charge in [-0.25, -0.2) is 18.2 Å². The van der Waals surface area contributed by atoms with E-state index in [2.05, 4.69) is 10.3 Å². The number of ether oxygens (including phenoxy) is 1. The molecule has 12 heteroatoms. The Kier molecular flexibility index (Phi) is 6.28. The highest BCUT2D eigenvalue weighted by Gasteiger charge is 2.47. The van der Waals surface area contributed by atoms with Crippen LogP contribution in [0.1, 0.15) is 18.9 Å². The number of fused-ring (bicyclic) bond motifs is 4. The number of carbonyl (C=O) groups excluding carboxylic acids is 1. The van der Waals surface area contributed by atoms with Crippen molar-refractivity contribution in [1.82, 2.24) is 15.2 Å². The fraction of sp³-hybridized carbons (Fsp3) is 0.407. The van der Waals surface area contributed by atoms with Gasteiger partial charge in [-0.05, 0) is 33.2 Å². The molecule has 6 rings (SSSR count). The first kappa shape index (κ1) is 26.0. The number of benzene rings is 2. The number of halogens is 4. The van der Waals surface area contributed by atoms with Gasteiger partial charge in [-0.1, -0.05) is 23.7 Å². The number of pyridine rings is 1. The van der Waals surface area contributed by atoms with Crippen LogP contribution < -0.4 is 19.9 Å². The Bertz CT molecular complexity index is 1500. The zero-order valence-corrected chi connectivity index (χ0v) is 22.3. The number of aromatic hydroxyl groups is 1. The summed E-state index contributed by atoms with van der Waals surface area (Å²) in [5, 5.41) is 14.0. The second-order valence-corrected chi connectivity index (χ2v) is 10.9. The van der Waals surface area contributed by atoms with Crippen LogP contribution in [0.5, 0.6) is 11.6 Å². The summed E-state index contributed by atoms with van der Waals surface area (Å²) in [4.78, 5) is 23.7. The topological polar surface area (TPSA) is 81.2 Å². The number of aromatic nitrogens is 1. The maximum Gasteiger partial charge on any atom is 0.264 e. The van der Waals surface area contributed by atoms with Gasteiger partial charge >= 0.3 is 0 Å². The molecule has 0 radical (unpaired) electrons. The molecule has 0 saturated carbocycles. The predicted octanol–water partition coefficient (Wildman–Crippen LogP) is 4.17. The fourth-order valence-electron chi connectivity index (χ4n) is 5.89. The van der Waals surface area contributed by atoms with E-state index in [0.717, 1.165) is 6.07 Å². The molecule has 39 heavy (non-hydrogen) atoms. The third-order valence-corrected chi connectivity index (χ3v) is 7.79. The Morgan fingerprint density at radius 1 is 1.26 bits per heavy atom. The summed E-state index contributed by atoms with van der Waals surface area (Å²) in [5.74, 6) is -1.49. The number of hydrogen-bond acceptors (Lipinski definition) is 7. The number of phenolic OH excluding ortho intramolecular Hbond substituents is 1. The summed E-state index contributed by atoms with van der Waals surface area (Å²) < 4.78 is 50.5. The van der Waals surface area contributed by atoms with Gasteiger partial charge in [0.15, 0.2) is 5.82 Å². The second-order valence-electron chi connectivity index (χ2n) is 10.5. The van der Waals surface area contributed by atoms with Crippen LogP contribution >= 0.6 is 11.6 Å². The molecule has 3 atom stereocenters. The van der Waals surface area contributed by atoms with Crippen LogP contribution in [0.2, 0.25) is 5.02 Å². The Labute approximate surface area is 227 Å². The van der Waals surface area contributed by atoms with E-state index in [4.69, 9.17) is 16.3 Å². The van der Waals surface area contributed by atoms with Gasteiger partial charge in [0.2, 0.25) is 5.88 Å². The molecule has 0 bridgehead atoms. The molecule has 0 spiro atoms. The molecule has 1 amide bonds. The largest absolute Gasteiger partial charge is 0.507 e. The summed E-state index contributed by atoms with van der Waals surface area (Å²) in [6.45, 7) is 3.65. The number of nitrogens with zero attached hydrogens (tertiary/aromatic N) is 4. The van der Waals surface area contributed by atoms with Crippen molar-refractivity contribution in [3.05, 3.63) is 40.7 Å². The molecule has 1 aromatic heterocycles. The highest BCUT2D eigenvalue weighted by Crippen LogP contribution is 2.52. The highest BCUT2D eigenvalue weighted by molar-refractivity contribution is 6.35. The maximum absolute atomic E-state index is 16.4. The number of amides is 1. The minimum Gasteiger partial charge on any atom is -0.507 e. The third-order valence-electron chi connectivity index (χ3n) is 7.50. The number of likely N-dealkylation sites (N-methyl/N-ethyl adjacent to an activating group) is 1.